The number of Topliss-reactive ketones (excluding diaryl/α,β-unsaturated/α-hetero) is 1. The molecule has 0 amide bonds. The highest BCUT2D eigenvalue weighted by atomic mass is 16.7. The van der Waals surface area contributed by atoms with Gasteiger partial charge in [0.25, 0.3) is 0 Å². The van der Waals surface area contributed by atoms with Gasteiger partial charge in [0.1, 0.15) is 22.8 Å². The lowest BCUT2D eigenvalue weighted by Gasteiger charge is -2.20. The summed E-state index contributed by atoms with van der Waals surface area (Å²) in [5.74, 6) is 0.529. The zero-order valence-corrected chi connectivity index (χ0v) is 22.4. The van der Waals surface area contributed by atoms with Gasteiger partial charge >= 0.3 is 5.97 Å². The van der Waals surface area contributed by atoms with Crippen molar-refractivity contribution in [3.05, 3.63) is 58.7 Å². The normalized spacial score (nSPS) is 10.5. The quantitative estimate of drug-likeness (QED) is 0.102. The minimum Gasteiger partial charge on any atom is -0.468 e. The highest BCUT2D eigenvalue weighted by molar-refractivity contribution is 6.03. The second kappa shape index (κ2) is 15.7. The van der Waals surface area contributed by atoms with Crippen LogP contribution in [0.5, 0.6) is 23.0 Å². The molecule has 0 N–H and O–H groups in total. The van der Waals surface area contributed by atoms with E-state index in [-0.39, 0.29) is 49.6 Å². The Morgan fingerprint density at radius 3 is 1.97 bits per heavy atom. The Hall–Kier alpha value is -3.40. The second-order valence-corrected chi connectivity index (χ2v) is 8.35. The Labute approximate surface area is 218 Å². The highest BCUT2D eigenvalue weighted by Gasteiger charge is 2.27. The van der Waals surface area contributed by atoms with Gasteiger partial charge in [-0.25, -0.2) is 0 Å². The van der Waals surface area contributed by atoms with Crippen LogP contribution in [0.3, 0.4) is 0 Å². The molecule has 0 spiro atoms. The summed E-state index contributed by atoms with van der Waals surface area (Å²) in [4.78, 5) is 25.7. The molecule has 0 bridgehead atoms. The molecule has 0 unspecified atom stereocenters. The van der Waals surface area contributed by atoms with Crippen molar-refractivity contribution in [2.45, 2.75) is 40.0 Å². The summed E-state index contributed by atoms with van der Waals surface area (Å²) in [6, 6.07) is 9.00. The predicted octanol–water partition coefficient (Wildman–Crippen LogP) is 4.88. The van der Waals surface area contributed by atoms with E-state index in [1.807, 2.05) is 44.2 Å². The number of ketones is 1. The van der Waals surface area contributed by atoms with Crippen molar-refractivity contribution in [3.8, 4) is 23.0 Å². The van der Waals surface area contributed by atoms with Crippen LogP contribution in [-0.4, -0.2) is 53.5 Å². The van der Waals surface area contributed by atoms with E-state index < -0.39 is 5.97 Å². The fraction of sp³-hybridized carbons (Fsp3) is 0.429. The summed E-state index contributed by atoms with van der Waals surface area (Å²) in [6.45, 7) is 5.19. The van der Waals surface area contributed by atoms with E-state index in [1.165, 1.54) is 21.1 Å². The first-order valence-electron chi connectivity index (χ1n) is 11.8. The van der Waals surface area contributed by atoms with Crippen LogP contribution in [0.1, 0.15) is 48.7 Å². The van der Waals surface area contributed by atoms with Gasteiger partial charge in [0.2, 0.25) is 0 Å². The van der Waals surface area contributed by atoms with Gasteiger partial charge in [-0.15, -0.1) is 0 Å². The predicted molar refractivity (Wildman–Crippen MR) is 137 cm³/mol. The van der Waals surface area contributed by atoms with Crippen molar-refractivity contribution < 1.29 is 42.7 Å². The van der Waals surface area contributed by atoms with E-state index >= 15 is 0 Å². The average Bonchev–Trinajstić information content (AvgIpc) is 2.87. The number of hydrogen-bond acceptors (Lipinski definition) is 9. The van der Waals surface area contributed by atoms with Crippen molar-refractivity contribution >= 4 is 11.8 Å². The monoisotopic (exact) mass is 516 g/mol. The molecule has 37 heavy (non-hydrogen) atoms. The van der Waals surface area contributed by atoms with Crippen LogP contribution >= 0.6 is 0 Å². The van der Waals surface area contributed by atoms with Gasteiger partial charge in [-0.3, -0.25) is 9.59 Å². The highest BCUT2D eigenvalue weighted by Crippen LogP contribution is 2.41. The van der Waals surface area contributed by atoms with Crippen molar-refractivity contribution in [2.75, 3.05) is 41.7 Å². The average molecular weight is 517 g/mol. The van der Waals surface area contributed by atoms with Gasteiger partial charge in [0, 0.05) is 46.3 Å². The van der Waals surface area contributed by atoms with Crippen LogP contribution in [0.2, 0.25) is 0 Å². The molecule has 0 aliphatic rings. The summed E-state index contributed by atoms with van der Waals surface area (Å²) < 4.78 is 37.6. The smallest absolute Gasteiger partial charge is 0.308 e. The first-order valence-corrected chi connectivity index (χ1v) is 11.8. The number of hydrogen-bond donors (Lipinski definition) is 0. The molecule has 0 saturated heterocycles. The van der Waals surface area contributed by atoms with Crippen LogP contribution in [-0.2, 0) is 31.8 Å². The molecule has 2 aromatic carbocycles. The first-order chi connectivity index (χ1) is 17.8. The fourth-order valence-corrected chi connectivity index (χ4v) is 3.42. The lowest BCUT2D eigenvalue weighted by Crippen LogP contribution is -2.15. The van der Waals surface area contributed by atoms with Gasteiger partial charge in [-0.2, -0.15) is 0 Å². The molecule has 0 atom stereocenters. The number of rotatable bonds is 16. The number of carbonyl (C=O) groups is 2. The first kappa shape index (κ1) is 29.8. The maximum absolute atomic E-state index is 13.6. The molecule has 9 nitrogen and oxygen atoms in total. The van der Waals surface area contributed by atoms with Gasteiger partial charge < -0.3 is 33.2 Å². The molecular formula is C28H36O9. The molecule has 0 heterocycles. The number of carbonyl (C=O) groups excluding carboxylic acids is 2. The topological polar surface area (TPSA) is 98.8 Å². The third-order valence-corrected chi connectivity index (χ3v) is 5.12. The van der Waals surface area contributed by atoms with Crippen LogP contribution in [0.15, 0.2) is 42.0 Å². The van der Waals surface area contributed by atoms with Crippen LogP contribution < -0.4 is 18.9 Å². The molecule has 2 rings (SSSR count). The van der Waals surface area contributed by atoms with Crippen molar-refractivity contribution in [1.29, 1.82) is 0 Å². The number of benzene rings is 2. The molecule has 0 aliphatic heterocycles. The summed E-state index contributed by atoms with van der Waals surface area (Å²) in [7, 11) is 4.52. The molecular weight excluding hydrogens is 480 g/mol. The minimum absolute atomic E-state index is 0.0393. The maximum Gasteiger partial charge on any atom is 0.308 e. The zero-order valence-electron chi connectivity index (χ0n) is 22.4. The second-order valence-electron chi connectivity index (χ2n) is 8.35. The third kappa shape index (κ3) is 9.53. The summed E-state index contributed by atoms with van der Waals surface area (Å²) in [5.41, 5.74) is 2.70. The minimum atomic E-state index is -0.569. The Morgan fingerprint density at radius 1 is 0.811 bits per heavy atom. The molecule has 0 aliphatic carbocycles. The summed E-state index contributed by atoms with van der Waals surface area (Å²) >= 11 is 0. The molecule has 0 radical (unpaired) electrons. The third-order valence-electron chi connectivity index (χ3n) is 5.12. The van der Waals surface area contributed by atoms with Gasteiger partial charge in [-0.1, -0.05) is 23.8 Å². The van der Waals surface area contributed by atoms with E-state index in [0.717, 1.165) is 11.1 Å². The van der Waals surface area contributed by atoms with E-state index in [0.29, 0.717) is 29.9 Å². The number of esters is 1. The van der Waals surface area contributed by atoms with Gasteiger partial charge in [0.15, 0.2) is 31.9 Å². The molecule has 9 heteroatoms. The van der Waals surface area contributed by atoms with Crippen molar-refractivity contribution in [1.82, 2.24) is 0 Å². The van der Waals surface area contributed by atoms with E-state index in [4.69, 9.17) is 33.2 Å². The number of ether oxygens (including phenoxy) is 7. The summed E-state index contributed by atoms with van der Waals surface area (Å²) in [5, 5.41) is 0. The lowest BCUT2D eigenvalue weighted by molar-refractivity contribution is -0.131. The zero-order chi connectivity index (χ0) is 27.2. The Morgan fingerprint density at radius 2 is 1.41 bits per heavy atom. The lowest BCUT2D eigenvalue weighted by atomic mass is 9.96. The standard InChI is InChI=1S/C28H36O9/c1-19(2)7-13-23-25(35-17-32-5)15-26(36-18-33-6)27(28(23)37-20(3)29)24(30)14-10-21-8-11-22(12-9-21)34-16-31-4/h7-9,11-12,15H,10,13-14,16-18H2,1-6H3. The van der Waals surface area contributed by atoms with E-state index in [9.17, 15) is 9.59 Å². The molecule has 0 aromatic heterocycles. The molecule has 0 saturated carbocycles. The summed E-state index contributed by atoms with van der Waals surface area (Å²) in [6.07, 6.45) is 2.94. The number of allylic oxidation sites excluding steroid dienone is 2. The maximum atomic E-state index is 13.6. The van der Waals surface area contributed by atoms with Crippen LogP contribution in [0.4, 0.5) is 0 Å². The van der Waals surface area contributed by atoms with E-state index in [1.54, 1.807) is 13.2 Å². The number of aryl methyl sites for hydroxylation is 1. The van der Waals surface area contributed by atoms with Gasteiger partial charge in [0.05, 0.1) is 0 Å². The fourth-order valence-electron chi connectivity index (χ4n) is 3.42. The van der Waals surface area contributed by atoms with Gasteiger partial charge in [-0.05, 0) is 44.4 Å². The largest absolute Gasteiger partial charge is 0.468 e. The SMILES string of the molecule is COCOc1ccc(CCC(=O)c2c(OCOC)cc(OCOC)c(CC=C(C)C)c2OC(C)=O)cc1. The Kier molecular flexibility index (Phi) is 12.6. The molecule has 202 valence electrons. The Bertz CT molecular complexity index is 1050. The van der Waals surface area contributed by atoms with Crippen LogP contribution in [0.25, 0.3) is 0 Å². The van der Waals surface area contributed by atoms with Crippen LogP contribution in [0, 0.1) is 0 Å². The number of methoxy groups -OCH3 is 3. The van der Waals surface area contributed by atoms with Crippen molar-refractivity contribution in [3.63, 3.8) is 0 Å². The Balaban J connectivity index is 2.49. The van der Waals surface area contributed by atoms with Crippen molar-refractivity contribution in [2.24, 2.45) is 0 Å². The van der Waals surface area contributed by atoms with E-state index in [2.05, 4.69) is 0 Å². The molecule has 2 aromatic rings. The molecule has 0 fully saturated rings.